The summed E-state index contributed by atoms with van der Waals surface area (Å²) in [6.45, 7) is 1.71. The van der Waals surface area contributed by atoms with Gasteiger partial charge in [-0.2, -0.15) is 4.91 Å². The summed E-state index contributed by atoms with van der Waals surface area (Å²) in [7, 11) is 0. The maximum absolute atomic E-state index is 11.6. The van der Waals surface area contributed by atoms with Gasteiger partial charge in [0, 0.05) is 11.8 Å². The summed E-state index contributed by atoms with van der Waals surface area (Å²) in [6, 6.07) is 0. The van der Waals surface area contributed by atoms with Gasteiger partial charge in [0.05, 0.1) is 6.10 Å². The third-order valence-electron chi connectivity index (χ3n) is 2.82. The van der Waals surface area contributed by atoms with E-state index in [0.29, 0.717) is 18.4 Å². The van der Waals surface area contributed by atoms with Crippen molar-refractivity contribution in [2.75, 3.05) is 6.54 Å². The Bertz CT molecular complexity index is 533. The van der Waals surface area contributed by atoms with Crippen molar-refractivity contribution in [1.29, 1.82) is 0 Å². The molecular weight excluding hydrogens is 226 g/mol. The van der Waals surface area contributed by atoms with Crippen molar-refractivity contribution in [3.05, 3.63) is 37.5 Å². The van der Waals surface area contributed by atoms with Gasteiger partial charge < -0.3 is 4.74 Å². The van der Waals surface area contributed by atoms with Crippen LogP contribution in [0.25, 0.3) is 0 Å². The highest BCUT2D eigenvalue weighted by Gasteiger charge is 2.27. The topological polar surface area (TPSA) is 93.5 Å². The zero-order valence-corrected chi connectivity index (χ0v) is 9.38. The molecule has 2 rings (SSSR count). The molecule has 1 aromatic rings. The van der Waals surface area contributed by atoms with Gasteiger partial charge in [0.1, 0.15) is 12.8 Å². The number of aromatic nitrogens is 2. The first-order valence-electron chi connectivity index (χ1n) is 5.38. The van der Waals surface area contributed by atoms with Crippen LogP contribution in [-0.4, -0.2) is 22.2 Å². The normalized spacial score (nSPS) is 23.8. The second-order valence-corrected chi connectivity index (χ2v) is 4.08. The zero-order chi connectivity index (χ0) is 12.4. The standard InChI is InChI=1S/C10H13N3O4/c1-6-5-13(10(15)12-9(6)14)8-3-2-7(17-8)4-11-16/h5,7-8H,2-4H2,1H3,(H,12,14,15). The molecule has 2 atom stereocenters. The number of hydrogen-bond donors (Lipinski definition) is 1. The summed E-state index contributed by atoms with van der Waals surface area (Å²) in [5.74, 6) is 0. The van der Waals surface area contributed by atoms with Gasteiger partial charge in [-0.05, 0) is 19.8 Å². The highest BCUT2D eigenvalue weighted by Crippen LogP contribution is 2.26. The van der Waals surface area contributed by atoms with E-state index in [2.05, 4.69) is 10.2 Å². The molecule has 92 valence electrons. The smallest absolute Gasteiger partial charge is 0.330 e. The van der Waals surface area contributed by atoms with Crippen LogP contribution in [0.15, 0.2) is 21.0 Å². The lowest BCUT2D eigenvalue weighted by atomic mass is 10.2. The fraction of sp³-hybridized carbons (Fsp3) is 0.600. The number of aryl methyl sites for hydroxylation is 1. The van der Waals surface area contributed by atoms with Gasteiger partial charge in [0.2, 0.25) is 0 Å². The molecule has 1 N–H and O–H groups in total. The second-order valence-electron chi connectivity index (χ2n) is 4.08. The first kappa shape index (κ1) is 11.7. The zero-order valence-electron chi connectivity index (χ0n) is 9.38. The summed E-state index contributed by atoms with van der Waals surface area (Å²) in [4.78, 5) is 35.1. The predicted octanol–water partition coefficient (Wildman–Crippen LogP) is 0.289. The number of nitrogens with zero attached hydrogens (tertiary/aromatic N) is 2. The number of aromatic amines is 1. The molecule has 0 aliphatic carbocycles. The van der Waals surface area contributed by atoms with Gasteiger partial charge in [-0.25, -0.2) is 4.79 Å². The Kier molecular flexibility index (Phi) is 3.19. The van der Waals surface area contributed by atoms with Crippen molar-refractivity contribution in [2.45, 2.75) is 32.1 Å². The lowest BCUT2D eigenvalue weighted by Crippen LogP contribution is -2.33. The van der Waals surface area contributed by atoms with E-state index < -0.39 is 17.5 Å². The van der Waals surface area contributed by atoms with E-state index in [0.717, 1.165) is 0 Å². The summed E-state index contributed by atoms with van der Waals surface area (Å²) in [6.07, 6.45) is 2.12. The Morgan fingerprint density at radius 1 is 1.53 bits per heavy atom. The molecule has 0 saturated carbocycles. The van der Waals surface area contributed by atoms with Crippen molar-refractivity contribution in [3.63, 3.8) is 0 Å². The van der Waals surface area contributed by atoms with Gasteiger partial charge in [-0.15, -0.1) is 0 Å². The molecule has 1 aromatic heterocycles. The van der Waals surface area contributed by atoms with Crippen LogP contribution in [0.1, 0.15) is 24.6 Å². The predicted molar refractivity (Wildman–Crippen MR) is 59.9 cm³/mol. The molecule has 0 bridgehead atoms. The quantitative estimate of drug-likeness (QED) is 0.767. The molecule has 7 heteroatoms. The Labute approximate surface area is 96.4 Å². The van der Waals surface area contributed by atoms with Crippen LogP contribution in [0.5, 0.6) is 0 Å². The number of rotatable bonds is 3. The molecule has 0 spiro atoms. The van der Waals surface area contributed by atoms with Crippen LogP contribution in [0.2, 0.25) is 0 Å². The molecule has 1 saturated heterocycles. The number of ether oxygens (including phenoxy) is 1. The van der Waals surface area contributed by atoms with Crippen molar-refractivity contribution in [2.24, 2.45) is 5.18 Å². The van der Waals surface area contributed by atoms with Crippen LogP contribution in [0, 0.1) is 11.8 Å². The largest absolute Gasteiger partial charge is 0.353 e. The first-order chi connectivity index (χ1) is 8.11. The molecule has 17 heavy (non-hydrogen) atoms. The third-order valence-corrected chi connectivity index (χ3v) is 2.82. The van der Waals surface area contributed by atoms with Crippen molar-refractivity contribution < 1.29 is 4.74 Å². The maximum atomic E-state index is 11.6. The van der Waals surface area contributed by atoms with E-state index in [1.807, 2.05) is 0 Å². The van der Waals surface area contributed by atoms with E-state index in [9.17, 15) is 14.5 Å². The number of hydrogen-bond acceptors (Lipinski definition) is 5. The Hall–Kier alpha value is -1.76. The molecule has 1 aliphatic rings. The minimum Gasteiger partial charge on any atom is -0.353 e. The summed E-state index contributed by atoms with van der Waals surface area (Å²) in [5, 5.41) is 2.78. The van der Waals surface area contributed by atoms with Crippen LogP contribution in [-0.2, 0) is 4.74 Å². The first-order valence-corrected chi connectivity index (χ1v) is 5.38. The van der Waals surface area contributed by atoms with Crippen molar-refractivity contribution in [3.8, 4) is 0 Å². The number of H-pyrrole nitrogens is 1. The number of nitroso groups, excluding NO2 is 1. The van der Waals surface area contributed by atoms with Crippen LogP contribution in [0.4, 0.5) is 0 Å². The molecular formula is C10H13N3O4. The van der Waals surface area contributed by atoms with E-state index in [-0.39, 0.29) is 12.6 Å². The fourth-order valence-corrected chi connectivity index (χ4v) is 1.91. The van der Waals surface area contributed by atoms with Gasteiger partial charge >= 0.3 is 5.69 Å². The van der Waals surface area contributed by atoms with Gasteiger partial charge in [-0.3, -0.25) is 14.3 Å². The third kappa shape index (κ3) is 2.33. The molecule has 0 aromatic carbocycles. The van der Waals surface area contributed by atoms with Gasteiger partial charge in [-0.1, -0.05) is 5.18 Å². The minimum atomic E-state index is -0.495. The molecule has 2 unspecified atom stereocenters. The minimum absolute atomic E-state index is 0.0909. The van der Waals surface area contributed by atoms with Crippen LogP contribution >= 0.6 is 0 Å². The molecule has 1 aliphatic heterocycles. The highest BCUT2D eigenvalue weighted by molar-refractivity contribution is 5.01. The van der Waals surface area contributed by atoms with Crippen LogP contribution < -0.4 is 11.2 Å². The molecule has 2 heterocycles. The Morgan fingerprint density at radius 2 is 2.29 bits per heavy atom. The van der Waals surface area contributed by atoms with E-state index in [4.69, 9.17) is 4.74 Å². The van der Waals surface area contributed by atoms with Gasteiger partial charge in [0.25, 0.3) is 5.56 Å². The molecule has 7 nitrogen and oxygen atoms in total. The summed E-state index contributed by atoms with van der Waals surface area (Å²) >= 11 is 0. The van der Waals surface area contributed by atoms with E-state index in [1.54, 1.807) is 6.92 Å². The Morgan fingerprint density at radius 3 is 3.00 bits per heavy atom. The average molecular weight is 239 g/mol. The lowest BCUT2D eigenvalue weighted by molar-refractivity contribution is 0.00358. The van der Waals surface area contributed by atoms with Gasteiger partial charge in [0.15, 0.2) is 0 Å². The SMILES string of the molecule is Cc1cn(C2CCC(CN=O)O2)c(=O)[nH]c1=O. The lowest BCUT2D eigenvalue weighted by Gasteiger charge is -2.14. The molecule has 1 fully saturated rings. The molecule has 0 amide bonds. The second kappa shape index (κ2) is 4.62. The highest BCUT2D eigenvalue weighted by atomic mass is 16.5. The van der Waals surface area contributed by atoms with E-state index in [1.165, 1.54) is 10.8 Å². The monoisotopic (exact) mass is 239 g/mol. The Balaban J connectivity index is 2.24. The van der Waals surface area contributed by atoms with E-state index >= 15 is 0 Å². The fourth-order valence-electron chi connectivity index (χ4n) is 1.91. The average Bonchev–Trinajstić information content (AvgIpc) is 2.72. The summed E-state index contributed by atoms with van der Waals surface area (Å²) < 4.78 is 6.86. The van der Waals surface area contributed by atoms with Crippen molar-refractivity contribution >= 4 is 0 Å². The van der Waals surface area contributed by atoms with Crippen LogP contribution in [0.3, 0.4) is 0 Å². The van der Waals surface area contributed by atoms with Crippen molar-refractivity contribution in [1.82, 2.24) is 9.55 Å². The summed E-state index contributed by atoms with van der Waals surface area (Å²) in [5.41, 5.74) is -0.439. The maximum Gasteiger partial charge on any atom is 0.330 e. The molecule has 0 radical (unpaired) electrons. The number of nitrogens with one attached hydrogen (secondary N) is 1.